The van der Waals surface area contributed by atoms with Crippen molar-refractivity contribution < 1.29 is 38.8 Å². The van der Waals surface area contributed by atoms with E-state index < -0.39 is 47.0 Å². The highest BCUT2D eigenvalue weighted by molar-refractivity contribution is 5.86. The maximum absolute atomic E-state index is 13.7. The van der Waals surface area contributed by atoms with Crippen LogP contribution in [0.25, 0.3) is 0 Å². The standard InChI is InChI=1S/C30H37N5O8/c1-16(36)27(38)32-10-7-23(37)34-19(13-18-14-31-15-33-18)28(39)42-21-6-8-30(40)22-12-17-4-5-20(41-3)25-24(17)29(30,26(21)43-25)9-11-35(22)2/h4-6,14-16,19,22,26,36,40H,7-13H2,1-3H3,(H,31,33)(H,32,38)(H,34,37)/t16-,19-,22-,26+,29+,30-/m0/s1. The number of hydrogen-bond donors (Lipinski definition) is 5. The molecule has 3 heterocycles. The number of carbonyl (C=O) groups excluding carboxylic acids is 3. The van der Waals surface area contributed by atoms with Gasteiger partial charge in [-0.25, -0.2) is 9.78 Å². The molecule has 5 N–H and O–H groups in total. The Labute approximate surface area is 248 Å². The Bertz CT molecular complexity index is 1460. The molecule has 230 valence electrons. The van der Waals surface area contributed by atoms with E-state index in [1.54, 1.807) is 19.4 Å². The maximum atomic E-state index is 13.7. The molecule has 13 heteroatoms. The molecule has 13 nitrogen and oxygen atoms in total. The molecular formula is C30H37N5O8. The summed E-state index contributed by atoms with van der Waals surface area (Å²) in [6, 6.07) is 2.66. The van der Waals surface area contributed by atoms with Gasteiger partial charge in [0.05, 0.1) is 30.1 Å². The molecule has 1 aromatic heterocycles. The lowest BCUT2D eigenvalue weighted by molar-refractivity contribution is -0.170. The number of likely N-dealkylation sites (N-methyl/N-ethyl adjacent to an activating group) is 1. The number of H-pyrrole nitrogens is 1. The van der Waals surface area contributed by atoms with Crippen molar-refractivity contribution in [2.24, 2.45) is 0 Å². The van der Waals surface area contributed by atoms with Crippen LogP contribution in [0.15, 0.2) is 36.5 Å². The fourth-order valence-corrected chi connectivity index (χ4v) is 7.29. The minimum atomic E-state index is -1.20. The molecule has 4 aliphatic rings. The van der Waals surface area contributed by atoms with E-state index in [-0.39, 0.29) is 37.6 Å². The van der Waals surface area contributed by atoms with Gasteiger partial charge in [0, 0.05) is 43.6 Å². The third-order valence-electron chi connectivity index (χ3n) is 9.40. The van der Waals surface area contributed by atoms with Crippen molar-refractivity contribution in [3.8, 4) is 11.5 Å². The molecule has 2 bridgehead atoms. The van der Waals surface area contributed by atoms with Crippen LogP contribution in [-0.4, -0.2) is 100 Å². The number of benzene rings is 1. The van der Waals surface area contributed by atoms with Crippen LogP contribution in [0.3, 0.4) is 0 Å². The lowest BCUT2D eigenvalue weighted by Gasteiger charge is -2.61. The van der Waals surface area contributed by atoms with Crippen molar-refractivity contribution in [1.82, 2.24) is 25.5 Å². The summed E-state index contributed by atoms with van der Waals surface area (Å²) >= 11 is 0. The zero-order valence-electron chi connectivity index (χ0n) is 24.4. The number of hydrogen-bond acceptors (Lipinski definition) is 10. The summed E-state index contributed by atoms with van der Waals surface area (Å²) in [5.41, 5.74) is 0.559. The predicted octanol–water partition coefficient (Wildman–Crippen LogP) is -0.146. The largest absolute Gasteiger partial charge is 0.493 e. The van der Waals surface area contributed by atoms with E-state index in [1.165, 1.54) is 13.3 Å². The van der Waals surface area contributed by atoms with Gasteiger partial charge in [-0.1, -0.05) is 6.07 Å². The molecule has 2 aromatic rings. The van der Waals surface area contributed by atoms with Crippen molar-refractivity contribution in [3.05, 3.63) is 53.3 Å². The van der Waals surface area contributed by atoms with E-state index in [4.69, 9.17) is 14.2 Å². The summed E-state index contributed by atoms with van der Waals surface area (Å²) in [4.78, 5) is 47.4. The summed E-state index contributed by atoms with van der Waals surface area (Å²) in [5, 5.41) is 26.9. The van der Waals surface area contributed by atoms with Gasteiger partial charge < -0.3 is 44.9 Å². The Kier molecular flexibility index (Phi) is 7.43. The van der Waals surface area contributed by atoms with Crippen molar-refractivity contribution in [2.75, 3.05) is 27.2 Å². The predicted molar refractivity (Wildman–Crippen MR) is 151 cm³/mol. The number of piperidine rings is 1. The van der Waals surface area contributed by atoms with Crippen LogP contribution in [0.1, 0.15) is 43.0 Å². The summed E-state index contributed by atoms with van der Waals surface area (Å²) < 4.78 is 18.2. The first-order valence-electron chi connectivity index (χ1n) is 14.5. The van der Waals surface area contributed by atoms with Gasteiger partial charge in [-0.05, 0) is 51.1 Å². The summed E-state index contributed by atoms with van der Waals surface area (Å²) in [6.07, 6.45) is 4.33. The molecule has 6 rings (SSSR count). The number of methoxy groups -OCH3 is 1. The molecule has 2 amide bonds. The molecule has 0 saturated carbocycles. The first kappa shape index (κ1) is 29.1. The number of nitrogens with zero attached hydrogens (tertiary/aromatic N) is 2. The minimum absolute atomic E-state index is 0.0139. The number of nitrogens with one attached hydrogen (secondary N) is 3. The van der Waals surface area contributed by atoms with Gasteiger partial charge in [-0.15, -0.1) is 0 Å². The number of rotatable bonds is 10. The van der Waals surface area contributed by atoms with Crippen LogP contribution >= 0.6 is 0 Å². The maximum Gasteiger partial charge on any atom is 0.334 e. The quantitative estimate of drug-likeness (QED) is 0.232. The lowest BCUT2D eigenvalue weighted by atomic mass is 9.50. The van der Waals surface area contributed by atoms with Crippen molar-refractivity contribution in [3.63, 3.8) is 0 Å². The van der Waals surface area contributed by atoms with E-state index in [9.17, 15) is 24.6 Å². The number of amides is 2. The lowest BCUT2D eigenvalue weighted by Crippen LogP contribution is -2.74. The molecule has 2 aliphatic heterocycles. The third-order valence-corrected chi connectivity index (χ3v) is 9.40. The van der Waals surface area contributed by atoms with Crippen LogP contribution in [-0.2, 0) is 37.4 Å². The van der Waals surface area contributed by atoms with E-state index in [0.717, 1.165) is 17.7 Å². The normalized spacial score (nSPS) is 28.1. The number of ether oxygens (including phenoxy) is 3. The van der Waals surface area contributed by atoms with Gasteiger partial charge in [0.25, 0.3) is 0 Å². The Morgan fingerprint density at radius 1 is 1.33 bits per heavy atom. The molecule has 1 aromatic carbocycles. The van der Waals surface area contributed by atoms with Gasteiger partial charge in [-0.3, -0.25) is 9.59 Å². The van der Waals surface area contributed by atoms with Crippen molar-refractivity contribution in [1.29, 1.82) is 0 Å². The van der Waals surface area contributed by atoms with Crippen molar-refractivity contribution >= 4 is 17.8 Å². The highest BCUT2D eigenvalue weighted by atomic mass is 16.6. The number of carbonyl (C=O) groups is 3. The van der Waals surface area contributed by atoms with Gasteiger partial charge in [0.1, 0.15) is 17.9 Å². The number of aromatic amines is 1. The number of likely N-dealkylation sites (tertiary alicyclic amines) is 1. The van der Waals surface area contributed by atoms with Crippen LogP contribution < -0.4 is 20.1 Å². The third kappa shape index (κ3) is 4.66. The van der Waals surface area contributed by atoms with Gasteiger partial charge in [0.15, 0.2) is 17.6 Å². The molecule has 1 fully saturated rings. The SMILES string of the molecule is COc1ccc2c3c1O[C@@H]1C(OC(=O)[C@H](Cc4c[nH]cn4)NC(=O)CCNC(=O)[C@H](C)O)=CC[C@]4(O)[C@H](C2)N(C)CC[C@@]314. The number of imidazole rings is 1. The Hall–Kier alpha value is -3.94. The number of aromatic nitrogens is 2. The molecule has 2 aliphatic carbocycles. The molecular weight excluding hydrogens is 558 g/mol. The second-order valence-electron chi connectivity index (χ2n) is 11.8. The fraction of sp³-hybridized carbons (Fsp3) is 0.533. The summed E-state index contributed by atoms with van der Waals surface area (Å²) in [6.45, 7) is 2.04. The second kappa shape index (κ2) is 11.0. The molecule has 0 unspecified atom stereocenters. The zero-order valence-corrected chi connectivity index (χ0v) is 24.4. The Morgan fingerprint density at radius 2 is 2.14 bits per heavy atom. The Balaban J connectivity index is 1.26. The molecule has 43 heavy (non-hydrogen) atoms. The summed E-state index contributed by atoms with van der Waals surface area (Å²) in [5.74, 6) is -0.382. The van der Waals surface area contributed by atoms with Crippen LogP contribution in [0.4, 0.5) is 0 Å². The molecule has 6 atom stereocenters. The average Bonchev–Trinajstić information content (AvgIpc) is 3.62. The molecule has 1 spiro atoms. The Morgan fingerprint density at radius 3 is 2.86 bits per heavy atom. The molecule has 1 saturated heterocycles. The second-order valence-corrected chi connectivity index (χ2v) is 11.8. The van der Waals surface area contributed by atoms with E-state index in [1.807, 2.05) is 19.2 Å². The van der Waals surface area contributed by atoms with Crippen LogP contribution in [0.5, 0.6) is 11.5 Å². The van der Waals surface area contributed by atoms with Gasteiger partial charge in [-0.2, -0.15) is 0 Å². The van der Waals surface area contributed by atoms with Crippen LogP contribution in [0, 0.1) is 0 Å². The molecule has 0 radical (unpaired) electrons. The van der Waals surface area contributed by atoms with Gasteiger partial charge in [0.2, 0.25) is 11.8 Å². The first-order chi connectivity index (χ1) is 20.6. The average molecular weight is 596 g/mol. The first-order valence-corrected chi connectivity index (χ1v) is 14.5. The van der Waals surface area contributed by atoms with Crippen molar-refractivity contribution in [2.45, 2.75) is 74.3 Å². The monoisotopic (exact) mass is 595 g/mol. The smallest absolute Gasteiger partial charge is 0.334 e. The number of aliphatic hydroxyl groups excluding tert-OH is 1. The number of esters is 1. The zero-order chi connectivity index (χ0) is 30.5. The van der Waals surface area contributed by atoms with E-state index >= 15 is 0 Å². The fourth-order valence-electron chi connectivity index (χ4n) is 7.29. The van der Waals surface area contributed by atoms with E-state index in [0.29, 0.717) is 30.0 Å². The van der Waals surface area contributed by atoms with Gasteiger partial charge >= 0.3 is 5.97 Å². The topological polar surface area (TPSA) is 175 Å². The highest BCUT2D eigenvalue weighted by Gasteiger charge is 2.72. The summed E-state index contributed by atoms with van der Waals surface area (Å²) in [7, 11) is 3.59. The van der Waals surface area contributed by atoms with E-state index in [2.05, 4.69) is 25.5 Å². The minimum Gasteiger partial charge on any atom is -0.493 e. The highest BCUT2D eigenvalue weighted by Crippen LogP contribution is 2.65. The number of aliphatic hydroxyl groups is 2. The van der Waals surface area contributed by atoms with Crippen LogP contribution in [0.2, 0.25) is 0 Å².